The average molecular weight is 319 g/mol. The lowest BCUT2D eigenvalue weighted by molar-refractivity contribution is -0.135. The third-order valence-electron chi connectivity index (χ3n) is 4.58. The van der Waals surface area contributed by atoms with Crippen LogP contribution in [0.1, 0.15) is 36.1 Å². The van der Waals surface area contributed by atoms with Gasteiger partial charge in [0.15, 0.2) is 0 Å². The van der Waals surface area contributed by atoms with E-state index >= 15 is 0 Å². The molecular weight excluding hydrogens is 302 g/mol. The summed E-state index contributed by atoms with van der Waals surface area (Å²) >= 11 is 1.62. The molecule has 1 aromatic rings. The number of rotatable bonds is 3. The minimum atomic E-state index is -0.954. The van der Waals surface area contributed by atoms with E-state index in [-0.39, 0.29) is 24.4 Å². The number of urea groups is 1. The minimum Gasteiger partial charge on any atom is -0.352 e. The molecule has 0 bridgehead atoms. The van der Waals surface area contributed by atoms with Crippen LogP contribution in [0.3, 0.4) is 0 Å². The van der Waals surface area contributed by atoms with Crippen molar-refractivity contribution in [2.75, 3.05) is 6.54 Å². The van der Waals surface area contributed by atoms with Gasteiger partial charge in [0.25, 0.3) is 5.91 Å². The number of thiophene rings is 1. The summed E-state index contributed by atoms with van der Waals surface area (Å²) in [6, 6.07) is 1.68. The summed E-state index contributed by atoms with van der Waals surface area (Å²) in [6.45, 7) is -0.192. The Morgan fingerprint density at radius 3 is 3.05 bits per heavy atom. The largest absolute Gasteiger partial charge is 0.352 e. The first-order chi connectivity index (χ1) is 10.6. The predicted molar refractivity (Wildman–Crippen MR) is 80.3 cm³/mol. The van der Waals surface area contributed by atoms with Gasteiger partial charge in [-0.1, -0.05) is 0 Å². The molecule has 1 atom stereocenters. The number of fused-ring (bicyclic) bond motifs is 2. The normalized spacial score (nSPS) is 27.0. The van der Waals surface area contributed by atoms with Gasteiger partial charge >= 0.3 is 6.03 Å². The predicted octanol–water partition coefficient (Wildman–Crippen LogP) is 1.11. The first-order valence-corrected chi connectivity index (χ1v) is 8.48. The van der Waals surface area contributed by atoms with Crippen LogP contribution >= 0.6 is 11.3 Å². The van der Waals surface area contributed by atoms with E-state index in [9.17, 15) is 14.4 Å². The van der Waals surface area contributed by atoms with Crippen molar-refractivity contribution in [1.29, 1.82) is 0 Å². The highest BCUT2D eigenvalue weighted by molar-refractivity contribution is 7.10. The standard InChI is InChI=1S/C15H17N3O3S/c19-12(16-9-3-4-9)8-18-13(20)15(17-14(18)21)6-1-2-11-10(15)5-7-22-11/h5,7,9H,1-4,6,8H2,(H,16,19)(H,17,21)/t15-/m1/s1. The molecule has 2 N–H and O–H groups in total. The molecular formula is C15H17N3O3S. The Labute approximate surface area is 131 Å². The zero-order valence-electron chi connectivity index (χ0n) is 12.1. The number of hydrogen-bond donors (Lipinski definition) is 2. The Hall–Kier alpha value is -1.89. The first-order valence-electron chi connectivity index (χ1n) is 7.60. The summed E-state index contributed by atoms with van der Waals surface area (Å²) in [5.74, 6) is -0.549. The maximum atomic E-state index is 12.9. The van der Waals surface area contributed by atoms with Crippen molar-refractivity contribution in [3.8, 4) is 0 Å². The van der Waals surface area contributed by atoms with Crippen LogP contribution in [0, 0.1) is 0 Å². The highest BCUT2D eigenvalue weighted by Gasteiger charge is 2.54. The lowest BCUT2D eigenvalue weighted by Crippen LogP contribution is -2.47. The molecule has 2 fully saturated rings. The molecule has 2 heterocycles. The Bertz CT molecular complexity index is 667. The summed E-state index contributed by atoms with van der Waals surface area (Å²) < 4.78 is 0. The van der Waals surface area contributed by atoms with Crippen LogP contribution < -0.4 is 10.6 Å². The number of aryl methyl sites for hydroxylation is 1. The van der Waals surface area contributed by atoms with Gasteiger partial charge in [0.2, 0.25) is 5.91 Å². The second kappa shape index (κ2) is 4.81. The van der Waals surface area contributed by atoms with E-state index in [2.05, 4.69) is 10.6 Å². The number of imide groups is 1. The van der Waals surface area contributed by atoms with Crippen LogP contribution in [0.5, 0.6) is 0 Å². The number of carbonyl (C=O) groups is 3. The van der Waals surface area contributed by atoms with E-state index in [1.807, 2.05) is 11.4 Å². The molecule has 1 spiro atoms. The molecule has 4 rings (SSSR count). The highest BCUT2D eigenvalue weighted by atomic mass is 32.1. The van der Waals surface area contributed by atoms with Crippen LogP contribution in [0.4, 0.5) is 4.79 Å². The van der Waals surface area contributed by atoms with E-state index in [1.165, 1.54) is 0 Å². The Balaban J connectivity index is 1.58. The summed E-state index contributed by atoms with van der Waals surface area (Å²) in [6.07, 6.45) is 4.37. The topological polar surface area (TPSA) is 78.5 Å². The first kappa shape index (κ1) is 13.8. The van der Waals surface area contributed by atoms with E-state index in [1.54, 1.807) is 11.3 Å². The molecule has 116 valence electrons. The van der Waals surface area contributed by atoms with Gasteiger partial charge in [-0.25, -0.2) is 4.79 Å². The van der Waals surface area contributed by atoms with Gasteiger partial charge in [0, 0.05) is 16.5 Å². The molecule has 6 nitrogen and oxygen atoms in total. The van der Waals surface area contributed by atoms with E-state index in [0.717, 1.165) is 41.0 Å². The van der Waals surface area contributed by atoms with Gasteiger partial charge in [0.05, 0.1) is 0 Å². The van der Waals surface area contributed by atoms with E-state index in [4.69, 9.17) is 0 Å². The molecule has 1 aromatic heterocycles. The lowest BCUT2D eigenvalue weighted by Gasteiger charge is -2.31. The molecule has 0 aromatic carbocycles. The van der Waals surface area contributed by atoms with Crippen LogP contribution in [0.15, 0.2) is 11.4 Å². The van der Waals surface area contributed by atoms with Gasteiger partial charge in [-0.3, -0.25) is 14.5 Å². The Morgan fingerprint density at radius 1 is 1.45 bits per heavy atom. The Kier molecular flexibility index (Phi) is 3.00. The van der Waals surface area contributed by atoms with Crippen molar-refractivity contribution in [3.63, 3.8) is 0 Å². The lowest BCUT2D eigenvalue weighted by atomic mass is 9.80. The summed E-state index contributed by atoms with van der Waals surface area (Å²) in [7, 11) is 0. The maximum Gasteiger partial charge on any atom is 0.325 e. The zero-order valence-corrected chi connectivity index (χ0v) is 12.9. The monoisotopic (exact) mass is 319 g/mol. The fraction of sp³-hybridized carbons (Fsp3) is 0.533. The molecule has 0 unspecified atom stereocenters. The van der Waals surface area contributed by atoms with Gasteiger partial charge in [-0.05, 0) is 43.6 Å². The van der Waals surface area contributed by atoms with Gasteiger partial charge in [-0.2, -0.15) is 0 Å². The number of nitrogens with one attached hydrogen (secondary N) is 2. The number of nitrogens with zero attached hydrogens (tertiary/aromatic N) is 1. The van der Waals surface area contributed by atoms with Crippen LogP contribution in [0.2, 0.25) is 0 Å². The molecule has 22 heavy (non-hydrogen) atoms. The zero-order chi connectivity index (χ0) is 15.3. The fourth-order valence-corrected chi connectivity index (χ4v) is 4.33. The molecule has 0 radical (unpaired) electrons. The SMILES string of the molecule is O=C(CN1C(=O)N[C@@]2(CCCc3sccc32)C1=O)NC1CC1. The third kappa shape index (κ3) is 2.03. The van der Waals surface area contributed by atoms with Gasteiger partial charge < -0.3 is 10.6 Å². The van der Waals surface area contributed by atoms with E-state index < -0.39 is 11.6 Å². The molecule has 1 aliphatic heterocycles. The Morgan fingerprint density at radius 2 is 2.27 bits per heavy atom. The summed E-state index contributed by atoms with van der Waals surface area (Å²) in [5, 5.41) is 7.62. The third-order valence-corrected chi connectivity index (χ3v) is 5.56. The molecule has 1 saturated heterocycles. The van der Waals surface area contributed by atoms with Crippen molar-refractivity contribution in [1.82, 2.24) is 15.5 Å². The molecule has 3 aliphatic rings. The second-order valence-corrected chi connectivity index (χ2v) is 7.18. The number of hydrogen-bond acceptors (Lipinski definition) is 4. The van der Waals surface area contributed by atoms with Crippen molar-refractivity contribution in [2.45, 2.75) is 43.7 Å². The molecule has 7 heteroatoms. The van der Waals surface area contributed by atoms with Gasteiger partial charge in [-0.15, -0.1) is 11.3 Å². The number of carbonyl (C=O) groups excluding carboxylic acids is 3. The quantitative estimate of drug-likeness (QED) is 0.819. The molecule has 1 saturated carbocycles. The smallest absolute Gasteiger partial charge is 0.325 e. The fourth-order valence-electron chi connectivity index (χ4n) is 3.33. The van der Waals surface area contributed by atoms with Crippen molar-refractivity contribution in [3.05, 3.63) is 21.9 Å². The second-order valence-electron chi connectivity index (χ2n) is 6.18. The average Bonchev–Trinajstić information content (AvgIpc) is 3.10. The maximum absolute atomic E-state index is 12.9. The number of amides is 4. The summed E-state index contributed by atoms with van der Waals surface area (Å²) in [5.41, 5.74) is -0.0444. The van der Waals surface area contributed by atoms with Gasteiger partial charge in [0.1, 0.15) is 12.1 Å². The van der Waals surface area contributed by atoms with Crippen molar-refractivity contribution in [2.24, 2.45) is 0 Å². The van der Waals surface area contributed by atoms with Crippen LogP contribution in [-0.2, 0) is 21.5 Å². The van der Waals surface area contributed by atoms with Crippen LogP contribution in [0.25, 0.3) is 0 Å². The highest BCUT2D eigenvalue weighted by Crippen LogP contribution is 2.42. The summed E-state index contributed by atoms with van der Waals surface area (Å²) in [4.78, 5) is 39.2. The van der Waals surface area contributed by atoms with Crippen molar-refractivity contribution < 1.29 is 14.4 Å². The molecule has 2 aliphatic carbocycles. The van der Waals surface area contributed by atoms with Crippen LogP contribution in [-0.4, -0.2) is 35.3 Å². The van der Waals surface area contributed by atoms with E-state index in [0.29, 0.717) is 6.42 Å². The van der Waals surface area contributed by atoms with Crippen molar-refractivity contribution >= 4 is 29.2 Å². The molecule has 4 amide bonds. The minimum absolute atomic E-state index is 0.192.